The number of aromatic nitrogens is 1. The van der Waals surface area contributed by atoms with E-state index in [1.165, 1.54) is 16.7 Å². The SMILES string of the molecule is Cc1cc(C)nc(NC(=O)C2=C3C=C4CC4=C3C=C2)c1. The fraction of sp³-hybridized carbons (Fsp3) is 0.176. The zero-order valence-electron chi connectivity index (χ0n) is 11.4. The Morgan fingerprint density at radius 2 is 2.05 bits per heavy atom. The van der Waals surface area contributed by atoms with E-state index in [2.05, 4.69) is 16.4 Å². The average molecular weight is 262 g/mol. The van der Waals surface area contributed by atoms with Crippen molar-refractivity contribution in [2.75, 3.05) is 5.32 Å². The molecule has 0 unspecified atom stereocenters. The topological polar surface area (TPSA) is 42.0 Å². The van der Waals surface area contributed by atoms with Crippen molar-refractivity contribution in [1.82, 2.24) is 4.98 Å². The van der Waals surface area contributed by atoms with Crippen LogP contribution in [0.15, 0.2) is 58.2 Å². The highest BCUT2D eigenvalue weighted by molar-refractivity contribution is 6.08. The highest BCUT2D eigenvalue weighted by atomic mass is 16.1. The first kappa shape index (κ1) is 11.4. The summed E-state index contributed by atoms with van der Waals surface area (Å²) in [6, 6.07) is 3.88. The molecule has 3 heteroatoms. The minimum Gasteiger partial charge on any atom is -0.307 e. The second-order valence-electron chi connectivity index (χ2n) is 5.52. The van der Waals surface area contributed by atoms with Crippen molar-refractivity contribution in [3.63, 3.8) is 0 Å². The number of nitrogens with one attached hydrogen (secondary N) is 1. The number of pyridine rings is 1. The van der Waals surface area contributed by atoms with E-state index in [4.69, 9.17) is 0 Å². The van der Waals surface area contributed by atoms with Crippen LogP contribution >= 0.6 is 0 Å². The van der Waals surface area contributed by atoms with Gasteiger partial charge in [-0.2, -0.15) is 0 Å². The number of rotatable bonds is 2. The minimum atomic E-state index is -0.0810. The van der Waals surface area contributed by atoms with Gasteiger partial charge in [0.2, 0.25) is 0 Å². The van der Waals surface area contributed by atoms with E-state index in [-0.39, 0.29) is 5.91 Å². The third-order valence-electron chi connectivity index (χ3n) is 3.85. The second-order valence-corrected chi connectivity index (χ2v) is 5.52. The van der Waals surface area contributed by atoms with Gasteiger partial charge in [0.05, 0.1) is 0 Å². The summed E-state index contributed by atoms with van der Waals surface area (Å²) < 4.78 is 0. The molecule has 0 radical (unpaired) electrons. The normalized spacial score (nSPS) is 18.2. The predicted molar refractivity (Wildman–Crippen MR) is 78.2 cm³/mol. The fourth-order valence-corrected chi connectivity index (χ4v) is 2.92. The van der Waals surface area contributed by atoms with Gasteiger partial charge in [0, 0.05) is 11.3 Å². The Kier molecular flexibility index (Phi) is 2.16. The lowest BCUT2D eigenvalue weighted by Crippen LogP contribution is -2.15. The molecule has 3 nitrogen and oxygen atoms in total. The number of hydrogen-bond acceptors (Lipinski definition) is 2. The van der Waals surface area contributed by atoms with E-state index in [1.54, 1.807) is 0 Å². The van der Waals surface area contributed by atoms with Crippen LogP contribution in [0, 0.1) is 13.8 Å². The van der Waals surface area contributed by atoms with E-state index in [9.17, 15) is 4.79 Å². The van der Waals surface area contributed by atoms with Gasteiger partial charge in [0.15, 0.2) is 0 Å². The molecule has 3 aliphatic rings. The van der Waals surface area contributed by atoms with Gasteiger partial charge in [0.1, 0.15) is 5.82 Å². The van der Waals surface area contributed by atoms with E-state index in [0.29, 0.717) is 5.82 Å². The third kappa shape index (κ3) is 1.67. The average Bonchev–Trinajstić information content (AvgIpc) is 2.85. The highest BCUT2D eigenvalue weighted by Crippen LogP contribution is 2.51. The van der Waals surface area contributed by atoms with Crippen LogP contribution in [0.25, 0.3) is 0 Å². The van der Waals surface area contributed by atoms with Crippen molar-refractivity contribution >= 4 is 11.7 Å². The molecule has 1 aromatic heterocycles. The Labute approximate surface area is 117 Å². The molecule has 98 valence electrons. The molecule has 0 aromatic carbocycles. The van der Waals surface area contributed by atoms with Crippen molar-refractivity contribution in [2.45, 2.75) is 20.3 Å². The van der Waals surface area contributed by atoms with Gasteiger partial charge in [-0.1, -0.05) is 6.08 Å². The number of allylic oxidation sites excluding steroid dienone is 6. The molecule has 1 saturated carbocycles. The molecule has 0 saturated heterocycles. The summed E-state index contributed by atoms with van der Waals surface area (Å²) >= 11 is 0. The summed E-state index contributed by atoms with van der Waals surface area (Å²) in [6.07, 6.45) is 7.18. The fourth-order valence-electron chi connectivity index (χ4n) is 2.92. The van der Waals surface area contributed by atoms with Crippen molar-refractivity contribution in [1.29, 1.82) is 0 Å². The molecular weight excluding hydrogens is 248 g/mol. The Morgan fingerprint density at radius 1 is 1.20 bits per heavy atom. The first-order valence-electron chi connectivity index (χ1n) is 6.75. The summed E-state index contributed by atoms with van der Waals surface area (Å²) in [5.41, 5.74) is 7.85. The molecular formula is C17H14N2O. The first-order valence-corrected chi connectivity index (χ1v) is 6.75. The third-order valence-corrected chi connectivity index (χ3v) is 3.85. The zero-order valence-corrected chi connectivity index (χ0v) is 11.4. The van der Waals surface area contributed by atoms with E-state index in [1.807, 2.05) is 38.1 Å². The van der Waals surface area contributed by atoms with Crippen LogP contribution in [0.2, 0.25) is 0 Å². The van der Waals surface area contributed by atoms with Crippen molar-refractivity contribution in [3.05, 3.63) is 69.5 Å². The quantitative estimate of drug-likeness (QED) is 0.889. The summed E-state index contributed by atoms with van der Waals surface area (Å²) in [5, 5.41) is 2.90. The molecule has 1 aromatic rings. The molecule has 4 rings (SSSR count). The lowest BCUT2D eigenvalue weighted by Gasteiger charge is -2.07. The van der Waals surface area contributed by atoms with Gasteiger partial charge in [-0.3, -0.25) is 4.79 Å². The van der Waals surface area contributed by atoms with E-state index in [0.717, 1.165) is 28.8 Å². The lowest BCUT2D eigenvalue weighted by molar-refractivity contribution is -0.112. The molecule has 20 heavy (non-hydrogen) atoms. The summed E-state index contributed by atoms with van der Waals surface area (Å²) in [5.74, 6) is 0.536. The van der Waals surface area contributed by atoms with Crippen LogP contribution in [0.3, 0.4) is 0 Å². The molecule has 0 bridgehead atoms. The number of aryl methyl sites for hydroxylation is 2. The maximum Gasteiger partial charge on any atom is 0.257 e. The molecule has 0 aliphatic heterocycles. The van der Waals surface area contributed by atoms with Gasteiger partial charge >= 0.3 is 0 Å². The standard InChI is InChI=1S/C17H14N2O/c1-9-5-10(2)18-16(6-9)19-17(20)13-4-3-12-14-7-11(14)8-15(12)13/h3-6,8H,7H2,1-2H3,(H,18,19,20). The molecule has 0 spiro atoms. The Morgan fingerprint density at radius 3 is 2.85 bits per heavy atom. The largest absolute Gasteiger partial charge is 0.307 e. The van der Waals surface area contributed by atoms with E-state index >= 15 is 0 Å². The van der Waals surface area contributed by atoms with Crippen LogP contribution < -0.4 is 5.32 Å². The first-order chi connectivity index (χ1) is 9.61. The molecule has 1 fully saturated rings. The summed E-state index contributed by atoms with van der Waals surface area (Å²) in [6.45, 7) is 3.93. The zero-order chi connectivity index (χ0) is 13.9. The Bertz CT molecular complexity index is 771. The maximum atomic E-state index is 12.4. The van der Waals surface area contributed by atoms with Crippen LogP contribution in [-0.2, 0) is 4.79 Å². The molecule has 0 atom stereocenters. The van der Waals surface area contributed by atoms with Crippen LogP contribution in [-0.4, -0.2) is 10.9 Å². The summed E-state index contributed by atoms with van der Waals surface area (Å²) in [7, 11) is 0. The van der Waals surface area contributed by atoms with Gasteiger partial charge in [-0.05, 0) is 72.4 Å². The van der Waals surface area contributed by atoms with Crippen LogP contribution in [0.5, 0.6) is 0 Å². The Balaban J connectivity index is 1.63. The number of carbonyl (C=O) groups excluding carboxylic acids is 1. The second kappa shape index (κ2) is 3.79. The highest BCUT2D eigenvalue weighted by Gasteiger charge is 2.35. The van der Waals surface area contributed by atoms with E-state index < -0.39 is 0 Å². The lowest BCUT2D eigenvalue weighted by atomic mass is 10.1. The summed E-state index contributed by atoms with van der Waals surface area (Å²) in [4.78, 5) is 16.7. The number of carbonyl (C=O) groups is 1. The minimum absolute atomic E-state index is 0.0810. The number of amides is 1. The van der Waals surface area contributed by atoms with Gasteiger partial charge in [-0.15, -0.1) is 0 Å². The van der Waals surface area contributed by atoms with Crippen LogP contribution in [0.4, 0.5) is 5.82 Å². The molecule has 1 N–H and O–H groups in total. The predicted octanol–water partition coefficient (Wildman–Crippen LogP) is 3.14. The van der Waals surface area contributed by atoms with Crippen molar-refractivity contribution < 1.29 is 4.79 Å². The maximum absolute atomic E-state index is 12.4. The van der Waals surface area contributed by atoms with Crippen molar-refractivity contribution in [2.24, 2.45) is 0 Å². The number of fused-ring (bicyclic) bond motifs is 2. The van der Waals surface area contributed by atoms with Gasteiger partial charge in [0.25, 0.3) is 5.91 Å². The molecule has 1 heterocycles. The molecule has 3 aliphatic carbocycles. The smallest absolute Gasteiger partial charge is 0.257 e. The number of hydrogen-bond donors (Lipinski definition) is 1. The Hall–Kier alpha value is -2.42. The van der Waals surface area contributed by atoms with Crippen molar-refractivity contribution in [3.8, 4) is 0 Å². The monoisotopic (exact) mass is 262 g/mol. The van der Waals surface area contributed by atoms with Gasteiger partial charge in [-0.25, -0.2) is 4.98 Å². The number of anilines is 1. The number of nitrogens with zero attached hydrogens (tertiary/aromatic N) is 1. The molecule has 1 amide bonds. The van der Waals surface area contributed by atoms with Crippen LogP contribution in [0.1, 0.15) is 17.7 Å². The van der Waals surface area contributed by atoms with Gasteiger partial charge < -0.3 is 5.32 Å².